The monoisotopic (exact) mass is 430 g/mol. The van der Waals surface area contributed by atoms with E-state index in [1.807, 2.05) is 0 Å². The Bertz CT molecular complexity index is 1080. The third-order valence-electron chi connectivity index (χ3n) is 3.98. The van der Waals surface area contributed by atoms with Gasteiger partial charge in [0.2, 0.25) is 5.91 Å². The van der Waals surface area contributed by atoms with Crippen LogP contribution in [0.5, 0.6) is 0 Å². The van der Waals surface area contributed by atoms with Gasteiger partial charge in [0.05, 0.1) is 22.5 Å². The number of para-hydroxylation sites is 1. The maximum Gasteiger partial charge on any atom is 0.273 e. The van der Waals surface area contributed by atoms with Gasteiger partial charge in [-0.05, 0) is 12.1 Å². The molecule has 2 amide bonds. The lowest BCUT2D eigenvalue weighted by molar-refractivity contribution is -0.385. The van der Waals surface area contributed by atoms with E-state index in [-0.39, 0.29) is 23.4 Å². The zero-order chi connectivity index (χ0) is 22.1. The number of nitrogens with one attached hydrogen (secondary N) is 2. The molecule has 2 rings (SSSR count). The van der Waals surface area contributed by atoms with Crippen LogP contribution in [0.1, 0.15) is 15.9 Å². The highest BCUT2D eigenvalue weighted by molar-refractivity contribution is 7.90. The van der Waals surface area contributed by atoms with Crippen LogP contribution in [0, 0.1) is 21.4 Å². The molecule has 0 saturated carbocycles. The number of carbonyl (C=O) groups is 2. The van der Waals surface area contributed by atoms with Crippen molar-refractivity contribution in [3.8, 4) is 6.07 Å². The fourth-order valence-electron chi connectivity index (χ4n) is 2.62. The number of nitro benzene ring substituents is 1. The van der Waals surface area contributed by atoms with Gasteiger partial charge in [0.25, 0.3) is 11.6 Å². The van der Waals surface area contributed by atoms with Crippen molar-refractivity contribution in [2.45, 2.75) is 11.8 Å². The normalized spacial score (nSPS) is 11.7. The molecule has 156 valence electrons. The maximum atomic E-state index is 12.7. The zero-order valence-electron chi connectivity index (χ0n) is 15.6. The molecule has 0 heterocycles. The van der Waals surface area contributed by atoms with Gasteiger partial charge in [-0.25, -0.2) is 8.42 Å². The molecule has 0 aromatic heterocycles. The molecule has 0 aliphatic heterocycles. The molecule has 1 unspecified atom stereocenters. The summed E-state index contributed by atoms with van der Waals surface area (Å²) in [7, 11) is -4.05. The number of sulfone groups is 1. The summed E-state index contributed by atoms with van der Waals surface area (Å²) in [6.07, 6.45) is 0. The van der Waals surface area contributed by atoms with Crippen molar-refractivity contribution < 1.29 is 22.9 Å². The molecular formula is C19H18N4O6S. The van der Waals surface area contributed by atoms with E-state index in [2.05, 4.69) is 10.6 Å². The molecule has 0 bridgehead atoms. The highest BCUT2D eigenvalue weighted by Crippen LogP contribution is 2.20. The van der Waals surface area contributed by atoms with Gasteiger partial charge in [0.1, 0.15) is 12.6 Å². The van der Waals surface area contributed by atoms with Gasteiger partial charge in [-0.1, -0.05) is 36.4 Å². The minimum atomic E-state index is -4.05. The van der Waals surface area contributed by atoms with E-state index in [1.54, 1.807) is 24.3 Å². The highest BCUT2D eigenvalue weighted by atomic mass is 32.2. The van der Waals surface area contributed by atoms with Gasteiger partial charge < -0.3 is 10.6 Å². The molecular weight excluding hydrogens is 412 g/mol. The summed E-state index contributed by atoms with van der Waals surface area (Å²) in [4.78, 5) is 35.1. The Morgan fingerprint density at radius 2 is 1.73 bits per heavy atom. The molecule has 0 aliphatic rings. The standard InChI is InChI=1S/C19H18N4O6S/c20-10-11-21-19(25)16(22-18(24)14-6-2-1-3-7-14)13-30(28,29)12-15-8-4-5-9-17(15)23(26)27/h1-9,16H,11-13H2,(H,21,25)(H,22,24). The van der Waals surface area contributed by atoms with Crippen LogP contribution in [-0.2, 0) is 20.4 Å². The van der Waals surface area contributed by atoms with Crippen molar-refractivity contribution in [1.29, 1.82) is 5.26 Å². The minimum absolute atomic E-state index is 0.0342. The Kier molecular flexibility index (Phi) is 7.60. The molecule has 0 aliphatic carbocycles. The Morgan fingerprint density at radius 3 is 2.37 bits per heavy atom. The van der Waals surface area contributed by atoms with Crippen LogP contribution in [0.25, 0.3) is 0 Å². The number of nitrogens with zero attached hydrogens (tertiary/aromatic N) is 2. The van der Waals surface area contributed by atoms with Crippen LogP contribution in [-0.4, -0.2) is 43.5 Å². The third-order valence-corrected chi connectivity index (χ3v) is 5.58. The lowest BCUT2D eigenvalue weighted by Crippen LogP contribution is -2.50. The van der Waals surface area contributed by atoms with E-state index in [0.29, 0.717) is 0 Å². The lowest BCUT2D eigenvalue weighted by Gasteiger charge is -2.18. The summed E-state index contributed by atoms with van der Waals surface area (Å²) in [6.45, 7) is -0.374. The predicted octanol–water partition coefficient (Wildman–Crippen LogP) is 0.948. The molecule has 2 aromatic rings. The zero-order valence-corrected chi connectivity index (χ0v) is 16.5. The number of rotatable bonds is 9. The van der Waals surface area contributed by atoms with Crippen LogP contribution >= 0.6 is 0 Å². The number of nitro groups is 1. The molecule has 0 fully saturated rings. The number of nitriles is 1. The van der Waals surface area contributed by atoms with Gasteiger partial charge in [-0.3, -0.25) is 19.7 Å². The molecule has 11 heteroatoms. The average molecular weight is 430 g/mol. The summed E-state index contributed by atoms with van der Waals surface area (Å²) >= 11 is 0. The molecule has 0 saturated heterocycles. The Labute approximate surface area is 172 Å². The summed E-state index contributed by atoms with van der Waals surface area (Å²) in [5.41, 5.74) is -0.181. The highest BCUT2D eigenvalue weighted by Gasteiger charge is 2.29. The number of amides is 2. The first-order valence-corrected chi connectivity index (χ1v) is 10.5. The van der Waals surface area contributed by atoms with E-state index >= 15 is 0 Å². The SMILES string of the molecule is N#CCNC(=O)C(CS(=O)(=O)Cc1ccccc1[N+](=O)[O-])NC(=O)c1ccccc1. The first-order chi connectivity index (χ1) is 14.2. The van der Waals surface area contributed by atoms with Gasteiger partial charge in [-0.15, -0.1) is 0 Å². The van der Waals surface area contributed by atoms with Crippen LogP contribution in [0.4, 0.5) is 5.69 Å². The van der Waals surface area contributed by atoms with Crippen LogP contribution < -0.4 is 10.6 Å². The largest absolute Gasteiger partial charge is 0.341 e. The second-order valence-electron chi connectivity index (χ2n) is 6.21. The molecule has 10 nitrogen and oxygen atoms in total. The molecule has 1 atom stereocenters. The maximum absolute atomic E-state index is 12.7. The first-order valence-electron chi connectivity index (χ1n) is 8.67. The number of benzene rings is 2. The molecule has 0 spiro atoms. The third kappa shape index (κ3) is 6.39. The topological polar surface area (TPSA) is 159 Å². The predicted molar refractivity (Wildman–Crippen MR) is 107 cm³/mol. The van der Waals surface area contributed by atoms with E-state index < -0.39 is 44.1 Å². The number of hydrogen-bond donors (Lipinski definition) is 2. The fourth-order valence-corrected chi connectivity index (χ4v) is 4.20. The van der Waals surface area contributed by atoms with Gasteiger partial charge in [-0.2, -0.15) is 5.26 Å². The van der Waals surface area contributed by atoms with Crippen LogP contribution in [0.3, 0.4) is 0 Å². The molecule has 2 aromatic carbocycles. The van der Waals surface area contributed by atoms with Crippen molar-refractivity contribution in [2.24, 2.45) is 0 Å². The lowest BCUT2D eigenvalue weighted by atomic mass is 10.2. The molecule has 2 N–H and O–H groups in total. The van der Waals surface area contributed by atoms with Crippen molar-refractivity contribution in [1.82, 2.24) is 10.6 Å². The van der Waals surface area contributed by atoms with E-state index in [9.17, 15) is 28.1 Å². The van der Waals surface area contributed by atoms with Crippen molar-refractivity contribution >= 4 is 27.3 Å². The van der Waals surface area contributed by atoms with Gasteiger partial charge >= 0.3 is 0 Å². The second-order valence-corrected chi connectivity index (χ2v) is 8.32. The summed E-state index contributed by atoms with van der Waals surface area (Å²) in [5.74, 6) is -3.01. The van der Waals surface area contributed by atoms with E-state index in [0.717, 1.165) is 0 Å². The first kappa shape index (κ1) is 22.5. The Balaban J connectivity index is 2.23. The molecule has 0 radical (unpaired) electrons. The Hall–Kier alpha value is -3.78. The van der Waals surface area contributed by atoms with E-state index in [4.69, 9.17) is 5.26 Å². The average Bonchev–Trinajstić information content (AvgIpc) is 2.71. The Morgan fingerprint density at radius 1 is 1.10 bits per heavy atom. The van der Waals surface area contributed by atoms with Crippen molar-refractivity contribution in [2.75, 3.05) is 12.3 Å². The minimum Gasteiger partial charge on any atom is -0.341 e. The number of carbonyl (C=O) groups excluding carboxylic acids is 2. The summed E-state index contributed by atoms with van der Waals surface area (Å²) in [5, 5.41) is 24.3. The van der Waals surface area contributed by atoms with Crippen molar-refractivity contribution in [3.05, 3.63) is 75.8 Å². The van der Waals surface area contributed by atoms with E-state index in [1.165, 1.54) is 36.4 Å². The summed E-state index contributed by atoms with van der Waals surface area (Å²) in [6, 6.07) is 13.4. The fraction of sp³-hybridized carbons (Fsp3) is 0.211. The summed E-state index contributed by atoms with van der Waals surface area (Å²) < 4.78 is 25.3. The molecule has 30 heavy (non-hydrogen) atoms. The quantitative estimate of drug-likeness (QED) is 0.340. The van der Waals surface area contributed by atoms with Crippen LogP contribution in [0.15, 0.2) is 54.6 Å². The number of hydrogen-bond acceptors (Lipinski definition) is 7. The smallest absolute Gasteiger partial charge is 0.273 e. The van der Waals surface area contributed by atoms with Gasteiger partial charge in [0.15, 0.2) is 9.84 Å². The van der Waals surface area contributed by atoms with Crippen molar-refractivity contribution in [3.63, 3.8) is 0 Å². The van der Waals surface area contributed by atoms with Crippen LogP contribution in [0.2, 0.25) is 0 Å². The second kappa shape index (κ2) is 10.1. The van der Waals surface area contributed by atoms with Gasteiger partial charge in [0, 0.05) is 17.2 Å².